The molecule has 0 amide bonds. The Morgan fingerprint density at radius 3 is 2.53 bits per heavy atom. The van der Waals surface area contributed by atoms with Gasteiger partial charge in [0.1, 0.15) is 0 Å². The molecule has 19 heavy (non-hydrogen) atoms. The highest BCUT2D eigenvalue weighted by molar-refractivity contribution is 7.92. The van der Waals surface area contributed by atoms with Crippen molar-refractivity contribution in [3.63, 3.8) is 0 Å². The lowest BCUT2D eigenvalue weighted by Crippen LogP contribution is -2.31. The second-order valence-electron chi connectivity index (χ2n) is 4.78. The first-order valence-electron chi connectivity index (χ1n) is 6.63. The van der Waals surface area contributed by atoms with E-state index in [0.29, 0.717) is 6.42 Å². The maximum atomic E-state index is 12.2. The maximum absolute atomic E-state index is 12.2. The first-order chi connectivity index (χ1) is 8.88. The minimum absolute atomic E-state index is 0.170. The number of sulfonamides is 1. The first-order valence-corrected chi connectivity index (χ1v) is 8.24. The highest BCUT2D eigenvalue weighted by Gasteiger charge is 2.19. The number of nitrogens with zero attached hydrogens (tertiary/aromatic N) is 1. The van der Waals surface area contributed by atoms with Crippen LogP contribution in [-0.2, 0) is 10.0 Å². The summed E-state index contributed by atoms with van der Waals surface area (Å²) in [6.07, 6.45) is 0.630. The zero-order valence-electron chi connectivity index (χ0n) is 12.2. The number of benzene rings is 1. The van der Waals surface area contributed by atoms with E-state index >= 15 is 0 Å². The van der Waals surface area contributed by atoms with Crippen molar-refractivity contribution in [2.75, 3.05) is 30.2 Å². The summed E-state index contributed by atoms with van der Waals surface area (Å²) in [4.78, 5) is 0. The standard InChI is InChI=1S/C14H24N2O2S/c1-5-15-9-6-10-19(17,18)16(4)14-8-7-12(2)11-13(14)3/h7-8,11,15H,5-6,9-10H2,1-4H3. The van der Waals surface area contributed by atoms with Crippen LogP contribution in [0.25, 0.3) is 0 Å². The molecule has 0 aliphatic heterocycles. The van der Waals surface area contributed by atoms with Crippen molar-refractivity contribution >= 4 is 15.7 Å². The van der Waals surface area contributed by atoms with Gasteiger partial charge in [0.05, 0.1) is 11.4 Å². The fourth-order valence-corrected chi connectivity index (χ4v) is 3.29. The van der Waals surface area contributed by atoms with E-state index in [4.69, 9.17) is 0 Å². The summed E-state index contributed by atoms with van der Waals surface area (Å²) in [6, 6.07) is 5.81. The molecule has 0 bridgehead atoms. The van der Waals surface area contributed by atoms with E-state index in [1.807, 2.05) is 39.0 Å². The average molecular weight is 284 g/mol. The molecule has 5 heteroatoms. The van der Waals surface area contributed by atoms with E-state index in [0.717, 1.165) is 29.9 Å². The van der Waals surface area contributed by atoms with E-state index in [1.165, 1.54) is 4.31 Å². The molecule has 0 fully saturated rings. The third kappa shape index (κ3) is 4.51. The highest BCUT2D eigenvalue weighted by Crippen LogP contribution is 2.22. The summed E-state index contributed by atoms with van der Waals surface area (Å²) in [5.41, 5.74) is 2.88. The molecule has 0 radical (unpaired) electrons. The van der Waals surface area contributed by atoms with Gasteiger partial charge in [-0.15, -0.1) is 0 Å². The molecule has 0 saturated heterocycles. The largest absolute Gasteiger partial charge is 0.317 e. The Morgan fingerprint density at radius 2 is 1.95 bits per heavy atom. The van der Waals surface area contributed by atoms with Gasteiger partial charge in [-0.2, -0.15) is 0 Å². The summed E-state index contributed by atoms with van der Waals surface area (Å²) >= 11 is 0. The fourth-order valence-electron chi connectivity index (χ4n) is 2.00. The van der Waals surface area contributed by atoms with Crippen LogP contribution in [0, 0.1) is 13.8 Å². The third-order valence-corrected chi connectivity index (χ3v) is 4.95. The van der Waals surface area contributed by atoms with Crippen LogP contribution >= 0.6 is 0 Å². The van der Waals surface area contributed by atoms with Crippen LogP contribution in [0.15, 0.2) is 18.2 Å². The average Bonchev–Trinajstić information content (AvgIpc) is 2.34. The molecular formula is C14H24N2O2S. The van der Waals surface area contributed by atoms with Crippen LogP contribution in [0.1, 0.15) is 24.5 Å². The van der Waals surface area contributed by atoms with E-state index in [1.54, 1.807) is 7.05 Å². The lowest BCUT2D eigenvalue weighted by molar-refractivity contribution is 0.588. The van der Waals surface area contributed by atoms with Gasteiger partial charge in [-0.25, -0.2) is 8.42 Å². The Balaban J connectivity index is 2.77. The monoisotopic (exact) mass is 284 g/mol. The molecule has 0 aliphatic carbocycles. The van der Waals surface area contributed by atoms with Crippen molar-refractivity contribution in [2.24, 2.45) is 0 Å². The van der Waals surface area contributed by atoms with Crippen LogP contribution in [-0.4, -0.2) is 34.3 Å². The van der Waals surface area contributed by atoms with Crippen LogP contribution in [0.5, 0.6) is 0 Å². The third-order valence-electron chi connectivity index (χ3n) is 3.11. The van der Waals surface area contributed by atoms with Crippen molar-refractivity contribution in [3.8, 4) is 0 Å². The van der Waals surface area contributed by atoms with E-state index in [9.17, 15) is 8.42 Å². The molecule has 0 heterocycles. The summed E-state index contributed by atoms with van der Waals surface area (Å²) in [7, 11) is -1.61. The van der Waals surface area contributed by atoms with Gasteiger partial charge >= 0.3 is 0 Å². The van der Waals surface area contributed by atoms with Crippen molar-refractivity contribution < 1.29 is 8.42 Å². The highest BCUT2D eigenvalue weighted by atomic mass is 32.2. The van der Waals surface area contributed by atoms with Crippen LogP contribution in [0.2, 0.25) is 0 Å². The molecule has 0 aromatic heterocycles. The summed E-state index contributed by atoms with van der Waals surface area (Å²) in [5.74, 6) is 0.170. The van der Waals surface area contributed by atoms with Crippen LogP contribution < -0.4 is 9.62 Å². The molecule has 108 valence electrons. The Kier molecular flexibility index (Phi) is 5.82. The smallest absolute Gasteiger partial charge is 0.234 e. The molecule has 0 spiro atoms. The maximum Gasteiger partial charge on any atom is 0.234 e. The van der Waals surface area contributed by atoms with Gasteiger partial charge in [-0.1, -0.05) is 24.6 Å². The topological polar surface area (TPSA) is 49.4 Å². The van der Waals surface area contributed by atoms with Gasteiger partial charge in [0, 0.05) is 7.05 Å². The van der Waals surface area contributed by atoms with Crippen molar-refractivity contribution in [1.82, 2.24) is 5.32 Å². The van der Waals surface area contributed by atoms with Crippen LogP contribution in [0.4, 0.5) is 5.69 Å². The normalized spacial score (nSPS) is 11.6. The number of rotatable bonds is 7. The fraction of sp³-hybridized carbons (Fsp3) is 0.571. The number of nitrogens with one attached hydrogen (secondary N) is 1. The minimum Gasteiger partial charge on any atom is -0.317 e. The Labute approximate surface area is 116 Å². The molecule has 0 atom stereocenters. The molecule has 0 aliphatic rings. The first kappa shape index (κ1) is 16.0. The van der Waals surface area contributed by atoms with Crippen molar-refractivity contribution in [2.45, 2.75) is 27.2 Å². The quantitative estimate of drug-likeness (QED) is 0.780. The number of aryl methyl sites for hydroxylation is 2. The zero-order valence-corrected chi connectivity index (χ0v) is 13.0. The zero-order chi connectivity index (χ0) is 14.5. The van der Waals surface area contributed by atoms with Gasteiger partial charge in [0.15, 0.2) is 0 Å². The van der Waals surface area contributed by atoms with E-state index < -0.39 is 10.0 Å². The summed E-state index contributed by atoms with van der Waals surface area (Å²) in [5, 5.41) is 3.14. The molecule has 1 aromatic rings. The van der Waals surface area contributed by atoms with E-state index in [-0.39, 0.29) is 5.75 Å². The number of anilines is 1. The SMILES string of the molecule is CCNCCCS(=O)(=O)N(C)c1ccc(C)cc1C. The molecular weight excluding hydrogens is 260 g/mol. The number of hydrogen-bond donors (Lipinski definition) is 1. The van der Waals surface area contributed by atoms with Crippen molar-refractivity contribution in [1.29, 1.82) is 0 Å². The predicted octanol–water partition coefficient (Wildman–Crippen LogP) is 2.07. The summed E-state index contributed by atoms with van der Waals surface area (Å²) in [6.45, 7) is 7.55. The lowest BCUT2D eigenvalue weighted by Gasteiger charge is -2.21. The van der Waals surface area contributed by atoms with Crippen LogP contribution in [0.3, 0.4) is 0 Å². The minimum atomic E-state index is -3.24. The summed E-state index contributed by atoms with van der Waals surface area (Å²) < 4.78 is 25.9. The molecule has 0 saturated carbocycles. The van der Waals surface area contributed by atoms with Gasteiger partial charge in [0.25, 0.3) is 0 Å². The number of hydrogen-bond acceptors (Lipinski definition) is 3. The molecule has 0 unspecified atom stereocenters. The molecule has 1 aromatic carbocycles. The van der Waals surface area contributed by atoms with E-state index in [2.05, 4.69) is 5.32 Å². The Morgan fingerprint density at radius 1 is 1.26 bits per heavy atom. The molecule has 4 nitrogen and oxygen atoms in total. The Hall–Kier alpha value is -1.07. The Bertz CT molecular complexity index is 512. The molecule has 1 rings (SSSR count). The molecule has 1 N–H and O–H groups in total. The van der Waals surface area contributed by atoms with Gasteiger partial charge in [-0.05, 0) is 45.0 Å². The van der Waals surface area contributed by atoms with Gasteiger partial charge in [-0.3, -0.25) is 4.31 Å². The van der Waals surface area contributed by atoms with Gasteiger partial charge < -0.3 is 5.32 Å². The predicted molar refractivity (Wildman–Crippen MR) is 81.3 cm³/mol. The van der Waals surface area contributed by atoms with Gasteiger partial charge in [0.2, 0.25) is 10.0 Å². The van der Waals surface area contributed by atoms with Crippen molar-refractivity contribution in [3.05, 3.63) is 29.3 Å². The second-order valence-corrected chi connectivity index (χ2v) is 6.90. The lowest BCUT2D eigenvalue weighted by atomic mass is 10.1. The second kappa shape index (κ2) is 6.91.